The van der Waals surface area contributed by atoms with Crippen molar-refractivity contribution >= 4 is 23.3 Å². The third kappa shape index (κ3) is 2.41. The molecule has 102 valence electrons. The number of nitrogens with zero attached hydrogens (tertiary/aromatic N) is 2. The molecule has 1 unspecified atom stereocenters. The predicted octanol–water partition coefficient (Wildman–Crippen LogP) is 1.58. The number of benzene rings is 1. The standard InChI is InChI=1S/C14H18N2O3/c1-3-15(4-2)10-5-7-11(8-6-10)16-9-12(13(16)17)14(18)19/h5-8,12H,3-4,9H2,1-2H3,(H,18,19). The van der Waals surface area contributed by atoms with E-state index in [4.69, 9.17) is 5.11 Å². The van der Waals surface area contributed by atoms with Gasteiger partial charge in [-0.3, -0.25) is 9.59 Å². The summed E-state index contributed by atoms with van der Waals surface area (Å²) in [5.74, 6) is -2.24. The maximum absolute atomic E-state index is 11.7. The van der Waals surface area contributed by atoms with Crippen molar-refractivity contribution in [2.24, 2.45) is 5.92 Å². The van der Waals surface area contributed by atoms with Gasteiger partial charge in [0.05, 0.1) is 0 Å². The number of aliphatic carboxylic acids is 1. The highest BCUT2D eigenvalue weighted by molar-refractivity contribution is 6.12. The van der Waals surface area contributed by atoms with Gasteiger partial charge in [0, 0.05) is 31.0 Å². The van der Waals surface area contributed by atoms with Crippen molar-refractivity contribution in [3.8, 4) is 0 Å². The maximum atomic E-state index is 11.7. The van der Waals surface area contributed by atoms with Crippen LogP contribution in [-0.4, -0.2) is 36.6 Å². The van der Waals surface area contributed by atoms with E-state index in [0.717, 1.165) is 24.5 Å². The molecule has 1 saturated heterocycles. The lowest BCUT2D eigenvalue weighted by Crippen LogP contribution is -2.56. The van der Waals surface area contributed by atoms with Crippen LogP contribution in [0.5, 0.6) is 0 Å². The van der Waals surface area contributed by atoms with Crippen molar-refractivity contribution in [2.75, 3.05) is 29.4 Å². The second kappa shape index (κ2) is 5.30. The first-order valence-corrected chi connectivity index (χ1v) is 6.47. The van der Waals surface area contributed by atoms with Crippen molar-refractivity contribution in [1.82, 2.24) is 0 Å². The Morgan fingerprint density at radius 3 is 2.32 bits per heavy atom. The van der Waals surface area contributed by atoms with Crippen LogP contribution in [0.25, 0.3) is 0 Å². The van der Waals surface area contributed by atoms with E-state index in [1.165, 1.54) is 4.90 Å². The van der Waals surface area contributed by atoms with Crippen LogP contribution in [0.3, 0.4) is 0 Å². The Morgan fingerprint density at radius 1 is 1.32 bits per heavy atom. The van der Waals surface area contributed by atoms with Gasteiger partial charge in [0.25, 0.3) is 0 Å². The molecule has 1 atom stereocenters. The van der Waals surface area contributed by atoms with E-state index < -0.39 is 11.9 Å². The lowest BCUT2D eigenvalue weighted by atomic mass is 9.98. The second-order valence-corrected chi connectivity index (χ2v) is 4.53. The average molecular weight is 262 g/mol. The maximum Gasteiger partial charge on any atom is 0.317 e. The molecule has 1 aromatic carbocycles. The van der Waals surface area contributed by atoms with Gasteiger partial charge in [0.15, 0.2) is 5.92 Å². The van der Waals surface area contributed by atoms with Crippen LogP contribution in [0.1, 0.15) is 13.8 Å². The quantitative estimate of drug-likeness (QED) is 0.646. The molecular weight excluding hydrogens is 244 g/mol. The van der Waals surface area contributed by atoms with E-state index in [2.05, 4.69) is 18.7 Å². The van der Waals surface area contributed by atoms with Gasteiger partial charge in [-0.2, -0.15) is 0 Å². The average Bonchev–Trinajstić information content (AvgIpc) is 2.40. The number of anilines is 2. The van der Waals surface area contributed by atoms with Gasteiger partial charge >= 0.3 is 5.97 Å². The fourth-order valence-corrected chi connectivity index (χ4v) is 2.27. The van der Waals surface area contributed by atoms with Gasteiger partial charge in [-0.15, -0.1) is 0 Å². The molecule has 1 amide bonds. The van der Waals surface area contributed by atoms with Crippen molar-refractivity contribution < 1.29 is 14.7 Å². The molecule has 1 heterocycles. The Bertz CT molecular complexity index is 480. The summed E-state index contributed by atoms with van der Waals surface area (Å²) in [6.07, 6.45) is 0. The van der Waals surface area contributed by atoms with Gasteiger partial charge in [-0.05, 0) is 38.1 Å². The first-order chi connectivity index (χ1) is 9.08. The zero-order valence-electron chi connectivity index (χ0n) is 11.2. The highest BCUT2D eigenvalue weighted by Crippen LogP contribution is 2.28. The number of carboxylic acid groups (broad SMARTS) is 1. The summed E-state index contributed by atoms with van der Waals surface area (Å²) in [5, 5.41) is 8.79. The summed E-state index contributed by atoms with van der Waals surface area (Å²) >= 11 is 0. The van der Waals surface area contributed by atoms with Gasteiger partial charge in [-0.25, -0.2) is 0 Å². The topological polar surface area (TPSA) is 60.9 Å². The van der Waals surface area contributed by atoms with E-state index in [-0.39, 0.29) is 12.5 Å². The van der Waals surface area contributed by atoms with Gasteiger partial charge in [0.1, 0.15) is 0 Å². The minimum atomic E-state index is -1.04. The van der Waals surface area contributed by atoms with Crippen molar-refractivity contribution in [2.45, 2.75) is 13.8 Å². The minimum absolute atomic E-state index is 0.263. The van der Waals surface area contributed by atoms with Gasteiger partial charge < -0.3 is 14.9 Å². The van der Waals surface area contributed by atoms with E-state index in [1.54, 1.807) is 0 Å². The monoisotopic (exact) mass is 262 g/mol. The van der Waals surface area contributed by atoms with Crippen LogP contribution in [-0.2, 0) is 9.59 Å². The Hall–Kier alpha value is -2.04. The van der Waals surface area contributed by atoms with E-state index >= 15 is 0 Å². The van der Waals surface area contributed by atoms with Crippen LogP contribution < -0.4 is 9.80 Å². The molecule has 0 aromatic heterocycles. The fraction of sp³-hybridized carbons (Fsp3) is 0.429. The number of carbonyl (C=O) groups is 2. The third-order valence-electron chi connectivity index (χ3n) is 3.52. The fourth-order valence-electron chi connectivity index (χ4n) is 2.27. The largest absolute Gasteiger partial charge is 0.481 e. The minimum Gasteiger partial charge on any atom is -0.481 e. The first kappa shape index (κ1) is 13.4. The molecule has 0 spiro atoms. The molecule has 0 bridgehead atoms. The summed E-state index contributed by atoms with van der Waals surface area (Å²) in [7, 11) is 0. The third-order valence-corrected chi connectivity index (χ3v) is 3.52. The number of hydrogen-bond donors (Lipinski definition) is 1. The molecule has 0 saturated carbocycles. The molecule has 1 fully saturated rings. The first-order valence-electron chi connectivity index (χ1n) is 6.47. The molecular formula is C14H18N2O3. The summed E-state index contributed by atoms with van der Waals surface area (Å²) in [5.41, 5.74) is 1.87. The van der Waals surface area contributed by atoms with E-state index in [9.17, 15) is 9.59 Å². The second-order valence-electron chi connectivity index (χ2n) is 4.53. The predicted molar refractivity (Wildman–Crippen MR) is 73.5 cm³/mol. The van der Waals surface area contributed by atoms with Gasteiger partial charge in [-0.1, -0.05) is 0 Å². The van der Waals surface area contributed by atoms with E-state index in [0.29, 0.717) is 0 Å². The molecule has 0 radical (unpaired) electrons. The highest BCUT2D eigenvalue weighted by atomic mass is 16.4. The summed E-state index contributed by atoms with van der Waals surface area (Å²) < 4.78 is 0. The molecule has 2 rings (SSSR count). The molecule has 5 heteroatoms. The lowest BCUT2D eigenvalue weighted by Gasteiger charge is -2.36. The number of rotatable bonds is 5. The number of β-lactam (4-membered cyclic amide) rings is 1. The molecule has 1 N–H and O–H groups in total. The number of carbonyl (C=O) groups excluding carboxylic acids is 1. The summed E-state index contributed by atoms with van der Waals surface area (Å²) in [6, 6.07) is 7.65. The highest BCUT2D eigenvalue weighted by Gasteiger charge is 2.42. The van der Waals surface area contributed by atoms with Crippen molar-refractivity contribution in [1.29, 1.82) is 0 Å². The zero-order chi connectivity index (χ0) is 14.0. The molecule has 5 nitrogen and oxygen atoms in total. The smallest absolute Gasteiger partial charge is 0.317 e. The molecule has 1 aromatic rings. The molecule has 0 aliphatic carbocycles. The van der Waals surface area contributed by atoms with Crippen LogP contribution in [0.2, 0.25) is 0 Å². The number of amides is 1. The number of carboxylic acids is 1. The Morgan fingerprint density at radius 2 is 1.89 bits per heavy atom. The summed E-state index contributed by atoms with van der Waals surface area (Å²) in [6.45, 7) is 6.31. The normalized spacial score (nSPS) is 18.1. The molecule has 1 aliphatic heterocycles. The van der Waals surface area contributed by atoms with Crippen LogP contribution >= 0.6 is 0 Å². The van der Waals surface area contributed by atoms with Crippen molar-refractivity contribution in [3.05, 3.63) is 24.3 Å². The lowest BCUT2D eigenvalue weighted by molar-refractivity contribution is -0.149. The van der Waals surface area contributed by atoms with Crippen molar-refractivity contribution in [3.63, 3.8) is 0 Å². The number of hydrogen-bond acceptors (Lipinski definition) is 3. The molecule has 19 heavy (non-hydrogen) atoms. The zero-order valence-corrected chi connectivity index (χ0v) is 11.2. The molecule has 1 aliphatic rings. The Labute approximate surface area is 112 Å². The van der Waals surface area contributed by atoms with E-state index in [1.807, 2.05) is 24.3 Å². The van der Waals surface area contributed by atoms with Crippen LogP contribution in [0.4, 0.5) is 11.4 Å². The SMILES string of the molecule is CCN(CC)c1ccc(N2CC(C(=O)O)C2=O)cc1. The van der Waals surface area contributed by atoms with Crippen LogP contribution in [0, 0.1) is 5.92 Å². The Balaban J connectivity index is 2.08. The van der Waals surface area contributed by atoms with Gasteiger partial charge in [0.2, 0.25) is 5.91 Å². The van der Waals surface area contributed by atoms with Crippen LogP contribution in [0.15, 0.2) is 24.3 Å². The summed E-state index contributed by atoms with van der Waals surface area (Å²) in [4.78, 5) is 26.1. The Kier molecular flexibility index (Phi) is 3.74.